The van der Waals surface area contributed by atoms with Crippen LogP contribution in [0.5, 0.6) is 0 Å². The molecule has 2 heteroatoms. The molecule has 1 saturated heterocycles. The maximum Gasteiger partial charge on any atom is 0.00925 e. The molecule has 0 aromatic rings. The van der Waals surface area contributed by atoms with Crippen molar-refractivity contribution in [1.29, 1.82) is 0 Å². The molecular weight excluding hydrogens is 232 g/mol. The van der Waals surface area contributed by atoms with Gasteiger partial charge in [0.1, 0.15) is 0 Å². The molecule has 0 unspecified atom stereocenters. The minimum absolute atomic E-state index is 0.512. The van der Waals surface area contributed by atoms with Crippen molar-refractivity contribution < 1.29 is 0 Å². The van der Waals surface area contributed by atoms with Gasteiger partial charge in [-0.2, -0.15) is 0 Å². The van der Waals surface area contributed by atoms with E-state index in [1.165, 1.54) is 58.2 Å². The Labute approximate surface area is 120 Å². The van der Waals surface area contributed by atoms with Gasteiger partial charge in [0.25, 0.3) is 0 Å². The highest BCUT2D eigenvalue weighted by molar-refractivity contribution is 4.85. The summed E-state index contributed by atoms with van der Waals surface area (Å²) in [7, 11) is 2.37. The molecule has 1 N–H and O–H groups in total. The molecular formula is C17H34N2. The van der Waals surface area contributed by atoms with Gasteiger partial charge in [-0.1, -0.05) is 20.8 Å². The van der Waals surface area contributed by atoms with Crippen molar-refractivity contribution >= 4 is 0 Å². The van der Waals surface area contributed by atoms with E-state index in [2.05, 4.69) is 38.0 Å². The molecule has 2 rings (SSSR count). The van der Waals surface area contributed by atoms with Crippen LogP contribution in [0.2, 0.25) is 0 Å². The lowest BCUT2D eigenvalue weighted by Crippen LogP contribution is -2.41. The maximum absolute atomic E-state index is 3.47. The molecule has 1 aliphatic carbocycles. The first-order chi connectivity index (χ1) is 8.97. The van der Waals surface area contributed by atoms with Crippen molar-refractivity contribution in [2.75, 3.05) is 26.7 Å². The highest BCUT2D eigenvalue weighted by Crippen LogP contribution is 2.38. The standard InChI is InChI=1S/C17H34N2/c1-17(2,3)15-5-7-16(8-6-15)19(4)13-14-9-11-18-12-10-14/h14-16,18H,5-13H2,1-4H3. The van der Waals surface area contributed by atoms with Crippen LogP contribution in [0.4, 0.5) is 0 Å². The summed E-state index contributed by atoms with van der Waals surface area (Å²) in [4.78, 5) is 2.68. The van der Waals surface area contributed by atoms with Crippen LogP contribution in [0.1, 0.15) is 59.3 Å². The van der Waals surface area contributed by atoms with E-state index in [4.69, 9.17) is 0 Å². The third-order valence-corrected chi connectivity index (χ3v) is 5.55. The van der Waals surface area contributed by atoms with Gasteiger partial charge < -0.3 is 10.2 Å². The summed E-state index contributed by atoms with van der Waals surface area (Å²) < 4.78 is 0. The smallest absolute Gasteiger partial charge is 0.00925 e. The fourth-order valence-corrected chi connectivity index (χ4v) is 4.00. The highest BCUT2D eigenvalue weighted by atomic mass is 15.1. The van der Waals surface area contributed by atoms with Gasteiger partial charge in [-0.25, -0.2) is 0 Å². The molecule has 0 atom stereocenters. The molecule has 0 radical (unpaired) electrons. The normalized spacial score (nSPS) is 30.8. The minimum Gasteiger partial charge on any atom is -0.317 e. The van der Waals surface area contributed by atoms with Crippen molar-refractivity contribution in [2.24, 2.45) is 17.3 Å². The van der Waals surface area contributed by atoms with Crippen molar-refractivity contribution in [1.82, 2.24) is 10.2 Å². The number of piperidine rings is 1. The van der Waals surface area contributed by atoms with Crippen LogP contribution in [0, 0.1) is 17.3 Å². The SMILES string of the molecule is CN(CC1CCNCC1)C1CCC(C(C)(C)C)CC1. The summed E-state index contributed by atoms with van der Waals surface area (Å²) in [5, 5.41) is 3.47. The molecule has 0 aromatic heterocycles. The Hall–Kier alpha value is -0.0800. The zero-order valence-electron chi connectivity index (χ0n) is 13.5. The quantitative estimate of drug-likeness (QED) is 0.841. The van der Waals surface area contributed by atoms with E-state index < -0.39 is 0 Å². The highest BCUT2D eigenvalue weighted by Gasteiger charge is 2.31. The molecule has 112 valence electrons. The lowest BCUT2D eigenvalue weighted by Gasteiger charge is -2.41. The molecule has 0 amide bonds. The number of hydrogen-bond acceptors (Lipinski definition) is 2. The van der Waals surface area contributed by atoms with E-state index >= 15 is 0 Å². The Morgan fingerprint density at radius 2 is 1.53 bits per heavy atom. The van der Waals surface area contributed by atoms with E-state index in [9.17, 15) is 0 Å². The van der Waals surface area contributed by atoms with Crippen molar-refractivity contribution in [3.8, 4) is 0 Å². The molecule has 1 aliphatic heterocycles. The second kappa shape index (κ2) is 6.58. The van der Waals surface area contributed by atoms with Crippen LogP contribution < -0.4 is 5.32 Å². The van der Waals surface area contributed by atoms with Crippen LogP contribution in [0.3, 0.4) is 0 Å². The Kier molecular flexibility index (Phi) is 5.30. The second-order valence-corrected chi connectivity index (χ2v) is 8.00. The first-order valence-electron chi connectivity index (χ1n) is 8.38. The average Bonchev–Trinajstić information content (AvgIpc) is 2.39. The second-order valence-electron chi connectivity index (χ2n) is 8.00. The Balaban J connectivity index is 1.74. The predicted octanol–water partition coefficient (Wildman–Crippen LogP) is 3.52. The first-order valence-corrected chi connectivity index (χ1v) is 8.38. The van der Waals surface area contributed by atoms with Crippen LogP contribution in [0.15, 0.2) is 0 Å². The first kappa shape index (κ1) is 15.3. The van der Waals surface area contributed by atoms with Crippen LogP contribution in [-0.2, 0) is 0 Å². The maximum atomic E-state index is 3.47. The summed E-state index contributed by atoms with van der Waals surface area (Å²) in [5.41, 5.74) is 0.512. The largest absolute Gasteiger partial charge is 0.317 e. The molecule has 1 saturated carbocycles. The van der Waals surface area contributed by atoms with Crippen LogP contribution >= 0.6 is 0 Å². The summed E-state index contributed by atoms with van der Waals surface area (Å²) in [6.45, 7) is 11.0. The monoisotopic (exact) mass is 266 g/mol. The molecule has 0 bridgehead atoms. The van der Waals surface area contributed by atoms with E-state index in [1.807, 2.05) is 0 Å². The van der Waals surface area contributed by atoms with Gasteiger partial charge in [0.05, 0.1) is 0 Å². The molecule has 2 aliphatic rings. The number of nitrogens with zero attached hydrogens (tertiary/aromatic N) is 1. The topological polar surface area (TPSA) is 15.3 Å². The van der Waals surface area contributed by atoms with Gasteiger partial charge in [-0.3, -0.25) is 0 Å². The van der Waals surface area contributed by atoms with Gasteiger partial charge in [-0.05, 0) is 75.9 Å². The molecule has 0 aromatic carbocycles. The molecule has 2 fully saturated rings. The van der Waals surface area contributed by atoms with Gasteiger partial charge in [0.2, 0.25) is 0 Å². The van der Waals surface area contributed by atoms with E-state index in [0.717, 1.165) is 17.9 Å². The predicted molar refractivity (Wildman–Crippen MR) is 83.4 cm³/mol. The third kappa shape index (κ3) is 4.46. The van der Waals surface area contributed by atoms with Gasteiger partial charge in [-0.15, -0.1) is 0 Å². The fourth-order valence-electron chi connectivity index (χ4n) is 4.00. The van der Waals surface area contributed by atoms with E-state index in [0.29, 0.717) is 5.41 Å². The van der Waals surface area contributed by atoms with Crippen molar-refractivity contribution in [3.63, 3.8) is 0 Å². The molecule has 2 nitrogen and oxygen atoms in total. The van der Waals surface area contributed by atoms with Crippen LogP contribution in [-0.4, -0.2) is 37.6 Å². The van der Waals surface area contributed by atoms with Gasteiger partial charge >= 0.3 is 0 Å². The molecule has 1 heterocycles. The lowest BCUT2D eigenvalue weighted by atomic mass is 9.71. The third-order valence-electron chi connectivity index (χ3n) is 5.55. The van der Waals surface area contributed by atoms with Crippen molar-refractivity contribution in [2.45, 2.75) is 65.3 Å². The average molecular weight is 266 g/mol. The zero-order valence-corrected chi connectivity index (χ0v) is 13.5. The number of nitrogens with one attached hydrogen (secondary N) is 1. The lowest BCUT2D eigenvalue weighted by molar-refractivity contribution is 0.0974. The Morgan fingerprint density at radius 3 is 2.05 bits per heavy atom. The van der Waals surface area contributed by atoms with Crippen LogP contribution in [0.25, 0.3) is 0 Å². The van der Waals surface area contributed by atoms with Gasteiger partial charge in [0, 0.05) is 12.6 Å². The zero-order chi connectivity index (χ0) is 13.9. The molecule has 19 heavy (non-hydrogen) atoms. The number of hydrogen-bond donors (Lipinski definition) is 1. The van der Waals surface area contributed by atoms with Crippen molar-refractivity contribution in [3.05, 3.63) is 0 Å². The van der Waals surface area contributed by atoms with Gasteiger partial charge in [0.15, 0.2) is 0 Å². The summed E-state index contributed by atoms with van der Waals surface area (Å²) in [6, 6.07) is 0.855. The Morgan fingerprint density at radius 1 is 0.947 bits per heavy atom. The summed E-state index contributed by atoms with van der Waals surface area (Å²) in [6.07, 6.45) is 8.46. The minimum atomic E-state index is 0.512. The summed E-state index contributed by atoms with van der Waals surface area (Å²) in [5.74, 6) is 1.88. The summed E-state index contributed by atoms with van der Waals surface area (Å²) >= 11 is 0. The van der Waals surface area contributed by atoms with E-state index in [-0.39, 0.29) is 0 Å². The Bertz CT molecular complexity index is 255. The molecule has 0 spiro atoms. The fraction of sp³-hybridized carbons (Fsp3) is 1.00. The number of rotatable bonds is 3. The van der Waals surface area contributed by atoms with E-state index in [1.54, 1.807) is 0 Å².